The molecule has 0 aliphatic carbocycles. The summed E-state index contributed by atoms with van der Waals surface area (Å²) in [7, 11) is 1.60. The number of aromatic nitrogens is 2. The number of carbonyl (C=O) groups is 1. The van der Waals surface area contributed by atoms with E-state index >= 15 is 0 Å². The van der Waals surface area contributed by atoms with Crippen molar-refractivity contribution in [1.82, 2.24) is 14.7 Å². The Bertz CT molecular complexity index is 1170. The highest BCUT2D eigenvalue weighted by atomic mass is 79.9. The maximum absolute atomic E-state index is 13.4. The van der Waals surface area contributed by atoms with Crippen LogP contribution in [0.1, 0.15) is 53.0 Å². The number of hydrogen-bond acceptors (Lipinski definition) is 5. The summed E-state index contributed by atoms with van der Waals surface area (Å²) in [4.78, 5) is 15.2. The van der Waals surface area contributed by atoms with Crippen LogP contribution in [0.3, 0.4) is 0 Å². The van der Waals surface area contributed by atoms with E-state index in [-0.39, 0.29) is 18.7 Å². The number of nitrogens with zero attached hydrogens (tertiary/aromatic N) is 3. The van der Waals surface area contributed by atoms with Crippen LogP contribution >= 0.6 is 15.9 Å². The Hall–Kier alpha value is -2.68. The van der Waals surface area contributed by atoms with Gasteiger partial charge in [-0.1, -0.05) is 28.1 Å². The SMILES string of the molecule is COc1cccc(C(CO)N2Cc3c(Br)cc(-c4cnn(C5CCCCO5)c4)cc3C2=O)c1. The van der Waals surface area contributed by atoms with Crippen molar-refractivity contribution in [2.45, 2.75) is 38.1 Å². The van der Waals surface area contributed by atoms with Crippen LogP contribution in [0, 0.1) is 0 Å². The summed E-state index contributed by atoms with van der Waals surface area (Å²) < 4.78 is 13.9. The molecule has 0 spiro atoms. The van der Waals surface area contributed by atoms with E-state index in [0.29, 0.717) is 17.9 Å². The zero-order valence-corrected chi connectivity index (χ0v) is 20.0. The number of benzene rings is 2. The van der Waals surface area contributed by atoms with Gasteiger partial charge in [0, 0.05) is 34.9 Å². The van der Waals surface area contributed by atoms with Gasteiger partial charge in [0.1, 0.15) is 12.0 Å². The van der Waals surface area contributed by atoms with Gasteiger partial charge in [0.15, 0.2) is 0 Å². The predicted molar refractivity (Wildman–Crippen MR) is 127 cm³/mol. The van der Waals surface area contributed by atoms with Crippen molar-refractivity contribution >= 4 is 21.8 Å². The van der Waals surface area contributed by atoms with E-state index in [0.717, 1.165) is 52.6 Å². The molecule has 5 rings (SSSR count). The summed E-state index contributed by atoms with van der Waals surface area (Å²) in [5.74, 6) is 0.593. The van der Waals surface area contributed by atoms with E-state index in [2.05, 4.69) is 21.0 Å². The van der Waals surface area contributed by atoms with Crippen molar-refractivity contribution in [3.63, 3.8) is 0 Å². The van der Waals surface area contributed by atoms with Crippen LogP contribution in [0.5, 0.6) is 5.75 Å². The van der Waals surface area contributed by atoms with Gasteiger partial charge in [-0.2, -0.15) is 5.10 Å². The number of aliphatic hydroxyl groups excluding tert-OH is 1. The summed E-state index contributed by atoms with van der Waals surface area (Å²) >= 11 is 3.67. The maximum atomic E-state index is 13.4. The summed E-state index contributed by atoms with van der Waals surface area (Å²) in [6, 6.07) is 11.0. The first-order valence-corrected chi connectivity index (χ1v) is 11.9. The standard InChI is InChI=1S/C25H26BrN3O4/c1-32-19-6-4-5-16(9-19)23(15-30)28-14-21-20(25(28)31)10-17(11-22(21)26)18-12-27-29(13-18)24-7-2-3-8-33-24/h4-6,9-13,23-24,30H,2-3,7-8,14-15H2,1H3. The van der Waals surface area contributed by atoms with E-state index in [1.807, 2.05) is 53.5 Å². The zero-order chi connectivity index (χ0) is 22.9. The number of amides is 1. The van der Waals surface area contributed by atoms with Gasteiger partial charge in [-0.05, 0) is 60.2 Å². The molecule has 2 unspecified atom stereocenters. The summed E-state index contributed by atoms with van der Waals surface area (Å²) in [5, 5.41) is 14.7. The number of carbonyl (C=O) groups excluding carboxylic acids is 1. The van der Waals surface area contributed by atoms with Crippen LogP contribution in [0.2, 0.25) is 0 Å². The minimum atomic E-state index is -0.457. The fourth-order valence-corrected chi connectivity index (χ4v) is 5.20. The topological polar surface area (TPSA) is 76.8 Å². The summed E-state index contributed by atoms with van der Waals surface area (Å²) in [6.45, 7) is 1.01. The monoisotopic (exact) mass is 511 g/mol. The van der Waals surface area contributed by atoms with Gasteiger partial charge in [-0.25, -0.2) is 4.68 Å². The third-order valence-corrected chi connectivity index (χ3v) is 7.14. The van der Waals surface area contributed by atoms with Gasteiger partial charge in [0.25, 0.3) is 5.91 Å². The van der Waals surface area contributed by atoms with Crippen molar-refractivity contribution in [3.05, 3.63) is 70.0 Å². The predicted octanol–water partition coefficient (Wildman–Crippen LogP) is 4.71. The number of fused-ring (bicyclic) bond motifs is 1. The molecule has 1 saturated heterocycles. The Morgan fingerprint density at radius 2 is 2.15 bits per heavy atom. The lowest BCUT2D eigenvalue weighted by Crippen LogP contribution is -2.31. The average molecular weight is 512 g/mol. The van der Waals surface area contributed by atoms with Crippen LogP contribution < -0.4 is 4.74 Å². The Labute approximate surface area is 201 Å². The third kappa shape index (κ3) is 4.18. The smallest absolute Gasteiger partial charge is 0.255 e. The summed E-state index contributed by atoms with van der Waals surface area (Å²) in [6.07, 6.45) is 6.94. The minimum Gasteiger partial charge on any atom is -0.497 e. The van der Waals surface area contributed by atoms with Crippen LogP contribution in [-0.2, 0) is 11.3 Å². The van der Waals surface area contributed by atoms with Crippen LogP contribution in [0.4, 0.5) is 0 Å². The quantitative estimate of drug-likeness (QED) is 0.518. The second-order valence-electron chi connectivity index (χ2n) is 8.42. The van der Waals surface area contributed by atoms with Crippen molar-refractivity contribution in [2.75, 3.05) is 20.3 Å². The van der Waals surface area contributed by atoms with E-state index < -0.39 is 6.04 Å². The average Bonchev–Trinajstić information content (AvgIpc) is 3.47. The lowest BCUT2D eigenvalue weighted by Gasteiger charge is -2.26. The molecule has 2 aromatic carbocycles. The minimum absolute atomic E-state index is 0.0318. The molecule has 3 aromatic rings. The van der Waals surface area contributed by atoms with E-state index in [4.69, 9.17) is 9.47 Å². The molecular weight excluding hydrogens is 486 g/mol. The first-order chi connectivity index (χ1) is 16.1. The fraction of sp³-hybridized carbons (Fsp3) is 0.360. The molecule has 0 radical (unpaired) electrons. The van der Waals surface area contributed by atoms with Gasteiger partial charge in [-0.3, -0.25) is 4.79 Å². The Morgan fingerprint density at radius 1 is 1.27 bits per heavy atom. The van der Waals surface area contributed by atoms with Crippen molar-refractivity contribution in [3.8, 4) is 16.9 Å². The Kier molecular flexibility index (Phi) is 6.23. The van der Waals surface area contributed by atoms with Crippen LogP contribution in [0.15, 0.2) is 53.3 Å². The van der Waals surface area contributed by atoms with Crippen LogP contribution in [0.25, 0.3) is 11.1 Å². The Morgan fingerprint density at radius 3 is 2.91 bits per heavy atom. The molecule has 0 saturated carbocycles. The van der Waals surface area contributed by atoms with Crippen LogP contribution in [-0.4, -0.2) is 46.0 Å². The third-order valence-electron chi connectivity index (χ3n) is 6.43. The number of hydrogen-bond donors (Lipinski definition) is 1. The number of methoxy groups -OCH3 is 1. The molecule has 7 nitrogen and oxygen atoms in total. The molecular formula is C25H26BrN3O4. The molecule has 8 heteroatoms. The normalized spacial score (nSPS) is 18.9. The van der Waals surface area contributed by atoms with E-state index in [1.54, 1.807) is 12.0 Å². The lowest BCUT2D eigenvalue weighted by molar-refractivity contribution is -0.0394. The second kappa shape index (κ2) is 9.29. The van der Waals surface area contributed by atoms with Gasteiger partial charge in [0.2, 0.25) is 0 Å². The zero-order valence-electron chi connectivity index (χ0n) is 18.4. The lowest BCUT2D eigenvalue weighted by atomic mass is 10.0. The van der Waals surface area contributed by atoms with E-state index in [1.165, 1.54) is 0 Å². The largest absolute Gasteiger partial charge is 0.497 e. The van der Waals surface area contributed by atoms with Gasteiger partial charge in [0.05, 0.1) is 26.0 Å². The van der Waals surface area contributed by atoms with Gasteiger partial charge >= 0.3 is 0 Å². The molecule has 1 amide bonds. The van der Waals surface area contributed by atoms with E-state index in [9.17, 15) is 9.90 Å². The molecule has 0 bridgehead atoms. The Balaban J connectivity index is 1.43. The van der Waals surface area contributed by atoms with Crippen molar-refractivity contribution < 1.29 is 19.4 Å². The summed E-state index contributed by atoms with van der Waals surface area (Å²) in [5.41, 5.74) is 4.25. The molecule has 1 fully saturated rings. The highest BCUT2D eigenvalue weighted by molar-refractivity contribution is 9.10. The molecule has 2 atom stereocenters. The maximum Gasteiger partial charge on any atom is 0.255 e. The molecule has 1 N–H and O–H groups in total. The first kappa shape index (κ1) is 22.1. The number of rotatable bonds is 6. The number of ether oxygens (including phenoxy) is 2. The molecule has 3 heterocycles. The molecule has 1 aromatic heterocycles. The molecule has 172 valence electrons. The molecule has 2 aliphatic heterocycles. The fourth-order valence-electron chi connectivity index (χ4n) is 4.61. The number of halogens is 1. The van der Waals surface area contributed by atoms with Gasteiger partial charge in [-0.15, -0.1) is 0 Å². The van der Waals surface area contributed by atoms with Crippen molar-refractivity contribution in [1.29, 1.82) is 0 Å². The second-order valence-corrected chi connectivity index (χ2v) is 9.28. The number of aliphatic hydroxyl groups is 1. The highest BCUT2D eigenvalue weighted by Gasteiger charge is 2.35. The molecule has 33 heavy (non-hydrogen) atoms. The van der Waals surface area contributed by atoms with Crippen molar-refractivity contribution in [2.24, 2.45) is 0 Å². The van der Waals surface area contributed by atoms with Gasteiger partial charge < -0.3 is 19.5 Å². The first-order valence-electron chi connectivity index (χ1n) is 11.1. The molecule has 2 aliphatic rings. The highest BCUT2D eigenvalue weighted by Crippen LogP contribution is 2.38.